The van der Waals surface area contributed by atoms with Crippen LogP contribution in [-0.4, -0.2) is 28.9 Å². The van der Waals surface area contributed by atoms with Gasteiger partial charge in [-0.1, -0.05) is 0 Å². The fraction of sp³-hybridized carbons (Fsp3) is 0.667. The number of nitrogen functional groups attached to an aromatic ring is 1. The Kier molecular flexibility index (Phi) is 3.45. The molecule has 0 saturated heterocycles. The Morgan fingerprint density at radius 1 is 1.56 bits per heavy atom. The van der Waals surface area contributed by atoms with Crippen LogP contribution in [0.5, 0.6) is 0 Å². The number of anilines is 2. The van der Waals surface area contributed by atoms with Gasteiger partial charge in [0.25, 0.3) is 0 Å². The molecule has 1 aromatic rings. The van der Waals surface area contributed by atoms with Gasteiger partial charge in [0.05, 0.1) is 7.11 Å². The number of methoxy groups -OCH3 is 1. The molecule has 0 unspecified atom stereocenters. The SMILES string of the molecule is COC(=O)c1c(NC2CCC2)nn(C(C)C)c1N. The number of nitrogens with zero attached hydrogens (tertiary/aromatic N) is 2. The molecule has 3 N–H and O–H groups in total. The van der Waals surface area contributed by atoms with Crippen molar-refractivity contribution in [2.45, 2.75) is 45.2 Å². The molecule has 18 heavy (non-hydrogen) atoms. The van der Waals surface area contributed by atoms with E-state index in [4.69, 9.17) is 10.5 Å². The van der Waals surface area contributed by atoms with Crippen LogP contribution >= 0.6 is 0 Å². The molecule has 0 aromatic carbocycles. The van der Waals surface area contributed by atoms with Gasteiger partial charge in [-0.3, -0.25) is 0 Å². The number of esters is 1. The summed E-state index contributed by atoms with van der Waals surface area (Å²) in [5, 5.41) is 7.65. The Morgan fingerprint density at radius 3 is 2.67 bits per heavy atom. The van der Waals surface area contributed by atoms with Crippen molar-refractivity contribution in [1.82, 2.24) is 9.78 Å². The number of carbonyl (C=O) groups is 1. The second-order valence-corrected chi connectivity index (χ2v) is 4.91. The molecule has 6 heteroatoms. The van der Waals surface area contributed by atoms with Crippen molar-refractivity contribution in [2.75, 3.05) is 18.2 Å². The number of aromatic nitrogens is 2. The second-order valence-electron chi connectivity index (χ2n) is 4.91. The fourth-order valence-corrected chi connectivity index (χ4v) is 1.99. The van der Waals surface area contributed by atoms with Crippen LogP contribution < -0.4 is 11.1 Å². The fourth-order valence-electron chi connectivity index (χ4n) is 1.99. The maximum Gasteiger partial charge on any atom is 0.345 e. The lowest BCUT2D eigenvalue weighted by Crippen LogP contribution is -2.28. The van der Waals surface area contributed by atoms with Crippen molar-refractivity contribution < 1.29 is 9.53 Å². The van der Waals surface area contributed by atoms with Crippen molar-refractivity contribution in [1.29, 1.82) is 0 Å². The monoisotopic (exact) mass is 252 g/mol. The van der Waals surface area contributed by atoms with E-state index in [0.29, 0.717) is 23.2 Å². The van der Waals surface area contributed by atoms with Crippen molar-refractivity contribution in [2.24, 2.45) is 0 Å². The zero-order valence-corrected chi connectivity index (χ0v) is 11.1. The minimum absolute atomic E-state index is 0.102. The molecule has 0 amide bonds. The molecule has 0 aliphatic heterocycles. The normalized spacial score (nSPS) is 15.6. The highest BCUT2D eigenvalue weighted by Gasteiger charge is 2.27. The van der Waals surface area contributed by atoms with Gasteiger partial charge in [-0.05, 0) is 33.1 Å². The number of rotatable bonds is 4. The molecule has 0 bridgehead atoms. The van der Waals surface area contributed by atoms with Crippen LogP contribution in [-0.2, 0) is 4.74 Å². The van der Waals surface area contributed by atoms with Crippen molar-refractivity contribution in [3.8, 4) is 0 Å². The molecule has 0 atom stereocenters. The molecule has 1 aromatic heterocycles. The highest BCUT2D eigenvalue weighted by Crippen LogP contribution is 2.29. The third-order valence-electron chi connectivity index (χ3n) is 3.27. The lowest BCUT2D eigenvalue weighted by molar-refractivity contribution is 0.0603. The van der Waals surface area contributed by atoms with Crippen LogP contribution in [0.3, 0.4) is 0 Å². The van der Waals surface area contributed by atoms with E-state index in [1.54, 1.807) is 4.68 Å². The summed E-state index contributed by atoms with van der Waals surface area (Å²) in [6, 6.07) is 0.494. The first-order valence-electron chi connectivity index (χ1n) is 6.27. The van der Waals surface area contributed by atoms with E-state index in [2.05, 4.69) is 10.4 Å². The Hall–Kier alpha value is -1.72. The van der Waals surface area contributed by atoms with Crippen LogP contribution in [0, 0.1) is 0 Å². The van der Waals surface area contributed by atoms with Gasteiger partial charge >= 0.3 is 5.97 Å². The molecule has 1 aliphatic carbocycles. The van der Waals surface area contributed by atoms with Gasteiger partial charge in [-0.25, -0.2) is 9.48 Å². The predicted molar refractivity (Wildman–Crippen MR) is 69.6 cm³/mol. The lowest BCUT2D eigenvalue weighted by atomic mass is 9.93. The molecule has 1 saturated carbocycles. The van der Waals surface area contributed by atoms with Crippen LogP contribution in [0.15, 0.2) is 0 Å². The zero-order valence-electron chi connectivity index (χ0n) is 11.1. The highest BCUT2D eigenvalue weighted by atomic mass is 16.5. The van der Waals surface area contributed by atoms with Crippen molar-refractivity contribution in [3.63, 3.8) is 0 Å². The number of carbonyl (C=O) groups excluding carboxylic acids is 1. The molecular weight excluding hydrogens is 232 g/mol. The molecule has 6 nitrogen and oxygen atoms in total. The third kappa shape index (κ3) is 2.14. The van der Waals surface area contributed by atoms with Crippen LogP contribution in [0.1, 0.15) is 49.5 Å². The zero-order chi connectivity index (χ0) is 13.3. The van der Waals surface area contributed by atoms with Crippen molar-refractivity contribution in [3.05, 3.63) is 5.56 Å². The number of nitrogens with one attached hydrogen (secondary N) is 1. The minimum atomic E-state index is -0.443. The summed E-state index contributed by atoms with van der Waals surface area (Å²) >= 11 is 0. The average molecular weight is 252 g/mol. The smallest absolute Gasteiger partial charge is 0.345 e. The second kappa shape index (κ2) is 4.88. The summed E-state index contributed by atoms with van der Waals surface area (Å²) in [4.78, 5) is 11.8. The molecule has 1 fully saturated rings. The lowest BCUT2D eigenvalue weighted by Gasteiger charge is -2.26. The molecule has 2 rings (SSSR count). The van der Waals surface area contributed by atoms with E-state index in [9.17, 15) is 4.79 Å². The molecule has 0 radical (unpaired) electrons. The summed E-state index contributed by atoms with van der Waals surface area (Å²) in [5.41, 5.74) is 6.32. The highest BCUT2D eigenvalue weighted by molar-refractivity contribution is 5.99. The first kappa shape index (κ1) is 12.7. The van der Waals surface area contributed by atoms with Gasteiger partial charge in [0.15, 0.2) is 5.82 Å². The Bertz CT molecular complexity index is 449. The largest absolute Gasteiger partial charge is 0.465 e. The Morgan fingerprint density at radius 2 is 2.22 bits per heavy atom. The summed E-state index contributed by atoms with van der Waals surface area (Å²) in [6.45, 7) is 3.94. The predicted octanol–water partition coefficient (Wildman–Crippen LogP) is 1.80. The van der Waals surface area contributed by atoms with Gasteiger partial charge in [-0.15, -0.1) is 0 Å². The average Bonchev–Trinajstić information content (AvgIpc) is 2.60. The Labute approximate surface area is 106 Å². The number of ether oxygens (including phenoxy) is 1. The van der Waals surface area contributed by atoms with Gasteiger partial charge in [-0.2, -0.15) is 5.10 Å². The van der Waals surface area contributed by atoms with Crippen LogP contribution in [0.25, 0.3) is 0 Å². The summed E-state index contributed by atoms with van der Waals surface area (Å²) in [5.74, 6) is 0.456. The number of nitrogens with two attached hydrogens (primary N) is 1. The van der Waals surface area contributed by atoms with Gasteiger partial charge in [0.2, 0.25) is 0 Å². The quantitative estimate of drug-likeness (QED) is 0.798. The molecule has 1 aliphatic rings. The number of hydrogen-bond acceptors (Lipinski definition) is 5. The minimum Gasteiger partial charge on any atom is -0.465 e. The maximum atomic E-state index is 11.8. The maximum absolute atomic E-state index is 11.8. The van der Waals surface area contributed by atoms with Crippen molar-refractivity contribution >= 4 is 17.6 Å². The number of hydrogen-bond donors (Lipinski definition) is 2. The first-order valence-corrected chi connectivity index (χ1v) is 6.27. The molecule has 0 spiro atoms. The molecule has 100 valence electrons. The first-order chi connectivity index (χ1) is 8.54. The summed E-state index contributed by atoms with van der Waals surface area (Å²) in [7, 11) is 1.35. The van der Waals surface area contributed by atoms with Gasteiger partial charge in [0, 0.05) is 12.1 Å². The van der Waals surface area contributed by atoms with E-state index in [1.165, 1.54) is 13.5 Å². The topological polar surface area (TPSA) is 82.2 Å². The molecule has 1 heterocycles. The Balaban J connectivity index is 2.35. The third-order valence-corrected chi connectivity index (χ3v) is 3.27. The standard InChI is InChI=1S/C12H20N4O2/c1-7(2)16-10(13)9(12(17)18-3)11(15-16)14-8-5-4-6-8/h7-8H,4-6,13H2,1-3H3,(H,14,15). The van der Waals surface area contributed by atoms with E-state index >= 15 is 0 Å². The molecular formula is C12H20N4O2. The van der Waals surface area contributed by atoms with Gasteiger partial charge in [0.1, 0.15) is 11.4 Å². The summed E-state index contributed by atoms with van der Waals surface area (Å²) in [6.07, 6.45) is 3.43. The summed E-state index contributed by atoms with van der Waals surface area (Å²) < 4.78 is 6.42. The van der Waals surface area contributed by atoms with Crippen LogP contribution in [0.2, 0.25) is 0 Å². The van der Waals surface area contributed by atoms with Crippen LogP contribution in [0.4, 0.5) is 11.6 Å². The van der Waals surface area contributed by atoms with E-state index < -0.39 is 5.97 Å². The van der Waals surface area contributed by atoms with E-state index in [1.807, 2.05) is 13.8 Å². The van der Waals surface area contributed by atoms with Gasteiger partial charge < -0.3 is 15.8 Å². The van der Waals surface area contributed by atoms with E-state index in [0.717, 1.165) is 12.8 Å². The van der Waals surface area contributed by atoms with E-state index in [-0.39, 0.29) is 6.04 Å².